The number of benzene rings is 1. The molecule has 3 heteroatoms. The van der Waals surface area contributed by atoms with Gasteiger partial charge in [-0.05, 0) is 31.2 Å². The monoisotopic (exact) mass is 277 g/mol. The van der Waals surface area contributed by atoms with Crippen LogP contribution in [-0.4, -0.2) is 32.0 Å². The summed E-state index contributed by atoms with van der Waals surface area (Å²) in [5.41, 5.74) is 1.42. The molecule has 1 aromatic carbocycles. The molecule has 2 unspecified atom stereocenters. The Kier molecular flexibility index (Phi) is 7.06. The zero-order valence-corrected chi connectivity index (χ0v) is 12.1. The first-order valence-electron chi connectivity index (χ1n) is 7.75. The van der Waals surface area contributed by atoms with Gasteiger partial charge in [0.05, 0.1) is 12.7 Å². The maximum atomic E-state index is 11.6. The van der Waals surface area contributed by atoms with E-state index in [9.17, 15) is 5.11 Å². The van der Waals surface area contributed by atoms with Crippen LogP contribution in [0.25, 0.3) is 0 Å². The Bertz CT molecular complexity index is 353. The van der Waals surface area contributed by atoms with Gasteiger partial charge >= 0.3 is 0 Å². The molecule has 1 aliphatic rings. The molecule has 1 aromatic rings. The maximum Gasteiger partial charge on any atom is 0.142 e. The molecule has 0 saturated carbocycles. The number of aryl methyl sites for hydroxylation is 1. The summed E-state index contributed by atoms with van der Waals surface area (Å²) in [5, 5.41) is 11.6. The lowest BCUT2D eigenvalue weighted by atomic mass is 10.1. The summed E-state index contributed by atoms with van der Waals surface area (Å²) in [7, 11) is 0. The normalized spacial score (nSPS) is 22.9. The Morgan fingerprint density at radius 2 is 1.90 bits per heavy atom. The fraction of sp³-hybridized carbons (Fsp3) is 0.647. The third-order valence-electron chi connectivity index (χ3n) is 3.78. The van der Waals surface area contributed by atoms with E-state index in [2.05, 4.69) is 30.3 Å². The highest BCUT2D eigenvalue weighted by Crippen LogP contribution is 2.13. The van der Waals surface area contributed by atoms with E-state index >= 15 is 0 Å². The van der Waals surface area contributed by atoms with Crippen LogP contribution >= 0.6 is 0 Å². The summed E-state index contributed by atoms with van der Waals surface area (Å²) in [6.45, 7) is 1.69. The Balaban J connectivity index is 1.45. The molecule has 3 nitrogen and oxygen atoms in total. The summed E-state index contributed by atoms with van der Waals surface area (Å²) in [4.78, 5) is 0. The number of ether oxygens (including phenoxy) is 2. The molecule has 111 valence electrons. The van der Waals surface area contributed by atoms with E-state index < -0.39 is 6.10 Å². The van der Waals surface area contributed by atoms with Crippen molar-refractivity contribution in [1.29, 1.82) is 0 Å². The van der Waals surface area contributed by atoms with Gasteiger partial charge in [-0.15, -0.1) is 0 Å². The molecule has 0 aromatic heterocycles. The number of hydrogen-bond acceptors (Lipinski definition) is 2. The standard InChI is InChI=1S/C17H25O3/c18-16-14-19-13-11-17(16)20-12-7-2-1-4-8-15-9-5-3-6-10-15/h3,5-6,9-10,16-17H,1-2,4,7-8,11-14H2. The average molecular weight is 277 g/mol. The molecule has 0 aliphatic carbocycles. The van der Waals surface area contributed by atoms with Crippen molar-refractivity contribution in [3.63, 3.8) is 0 Å². The van der Waals surface area contributed by atoms with E-state index in [-0.39, 0.29) is 6.10 Å². The minimum Gasteiger partial charge on any atom is -0.378 e. The lowest BCUT2D eigenvalue weighted by Crippen LogP contribution is -2.37. The van der Waals surface area contributed by atoms with Crippen molar-refractivity contribution in [1.82, 2.24) is 0 Å². The topological polar surface area (TPSA) is 38.4 Å². The Morgan fingerprint density at radius 1 is 1.10 bits per heavy atom. The predicted octanol–water partition coefficient (Wildman–Crippen LogP) is 3.39. The first kappa shape index (κ1) is 15.5. The molecule has 20 heavy (non-hydrogen) atoms. The summed E-state index contributed by atoms with van der Waals surface area (Å²) in [6.07, 6.45) is 5.78. The second kappa shape index (κ2) is 9.11. The quantitative estimate of drug-likeness (QED) is 0.683. The van der Waals surface area contributed by atoms with Crippen molar-refractivity contribution in [3.8, 4) is 0 Å². The van der Waals surface area contributed by atoms with Crippen molar-refractivity contribution in [2.45, 2.75) is 50.7 Å². The highest BCUT2D eigenvalue weighted by Gasteiger charge is 2.25. The van der Waals surface area contributed by atoms with E-state index in [0.29, 0.717) is 13.2 Å². The van der Waals surface area contributed by atoms with Crippen molar-refractivity contribution < 1.29 is 14.6 Å². The van der Waals surface area contributed by atoms with Crippen LogP contribution in [0.2, 0.25) is 0 Å². The van der Waals surface area contributed by atoms with Crippen molar-refractivity contribution in [2.24, 2.45) is 0 Å². The van der Waals surface area contributed by atoms with Gasteiger partial charge in [-0.2, -0.15) is 0 Å². The SMILES string of the molecule is [O]C1COCCC1OCCCCCCc1ccccc1. The van der Waals surface area contributed by atoms with Crippen LogP contribution in [0.15, 0.2) is 30.3 Å². The van der Waals surface area contributed by atoms with Crippen LogP contribution in [0.5, 0.6) is 0 Å². The number of unbranched alkanes of at least 4 members (excludes halogenated alkanes) is 3. The summed E-state index contributed by atoms with van der Waals surface area (Å²) in [6, 6.07) is 10.6. The second-order valence-corrected chi connectivity index (χ2v) is 5.46. The maximum absolute atomic E-state index is 11.6. The molecule has 0 amide bonds. The zero-order chi connectivity index (χ0) is 14.0. The van der Waals surface area contributed by atoms with Gasteiger partial charge in [0, 0.05) is 13.2 Å². The second-order valence-electron chi connectivity index (χ2n) is 5.46. The highest BCUT2D eigenvalue weighted by molar-refractivity contribution is 5.14. The number of rotatable bonds is 8. The van der Waals surface area contributed by atoms with Gasteiger partial charge in [-0.3, -0.25) is 0 Å². The van der Waals surface area contributed by atoms with Gasteiger partial charge in [-0.1, -0.05) is 43.2 Å². The van der Waals surface area contributed by atoms with E-state index in [1.165, 1.54) is 24.8 Å². The van der Waals surface area contributed by atoms with Gasteiger partial charge in [0.25, 0.3) is 0 Å². The van der Waals surface area contributed by atoms with Gasteiger partial charge in [0.15, 0.2) is 0 Å². The van der Waals surface area contributed by atoms with Crippen LogP contribution < -0.4 is 0 Å². The van der Waals surface area contributed by atoms with Crippen LogP contribution in [-0.2, 0) is 21.0 Å². The highest BCUT2D eigenvalue weighted by atomic mass is 16.5. The van der Waals surface area contributed by atoms with Crippen LogP contribution in [0.1, 0.15) is 37.7 Å². The molecule has 1 aliphatic heterocycles. The van der Waals surface area contributed by atoms with E-state index in [4.69, 9.17) is 9.47 Å². The Morgan fingerprint density at radius 3 is 2.70 bits per heavy atom. The first-order chi connectivity index (χ1) is 9.86. The lowest BCUT2D eigenvalue weighted by Gasteiger charge is -2.26. The minimum atomic E-state index is -0.693. The van der Waals surface area contributed by atoms with E-state index in [1.807, 2.05) is 0 Å². The predicted molar refractivity (Wildman–Crippen MR) is 78.3 cm³/mol. The molecular weight excluding hydrogens is 252 g/mol. The third-order valence-corrected chi connectivity index (χ3v) is 3.78. The molecule has 1 radical (unpaired) electrons. The molecular formula is C17H25O3. The number of hydrogen-bond donors (Lipinski definition) is 0. The zero-order valence-electron chi connectivity index (χ0n) is 12.1. The summed E-state index contributed by atoms with van der Waals surface area (Å²) >= 11 is 0. The molecule has 2 rings (SSSR count). The van der Waals surface area contributed by atoms with Gasteiger partial charge in [-0.25, -0.2) is 5.11 Å². The first-order valence-corrected chi connectivity index (χ1v) is 7.75. The van der Waals surface area contributed by atoms with Gasteiger partial charge in [0.2, 0.25) is 0 Å². The van der Waals surface area contributed by atoms with E-state index in [1.54, 1.807) is 0 Å². The van der Waals surface area contributed by atoms with Crippen LogP contribution in [0, 0.1) is 0 Å². The summed E-state index contributed by atoms with van der Waals surface area (Å²) < 4.78 is 10.8. The Hall–Kier alpha value is -0.900. The van der Waals surface area contributed by atoms with Crippen molar-refractivity contribution in [2.75, 3.05) is 19.8 Å². The Labute approximate surface area is 121 Å². The largest absolute Gasteiger partial charge is 0.378 e. The fourth-order valence-electron chi connectivity index (χ4n) is 2.55. The minimum absolute atomic E-state index is 0.131. The molecule has 1 saturated heterocycles. The van der Waals surface area contributed by atoms with Gasteiger partial charge < -0.3 is 9.47 Å². The smallest absolute Gasteiger partial charge is 0.142 e. The van der Waals surface area contributed by atoms with E-state index in [0.717, 1.165) is 25.9 Å². The van der Waals surface area contributed by atoms with Crippen LogP contribution in [0.3, 0.4) is 0 Å². The summed E-state index contributed by atoms with van der Waals surface area (Å²) in [5.74, 6) is 0. The van der Waals surface area contributed by atoms with Gasteiger partial charge in [0.1, 0.15) is 6.10 Å². The average Bonchev–Trinajstić information content (AvgIpc) is 2.49. The molecule has 0 spiro atoms. The fourth-order valence-corrected chi connectivity index (χ4v) is 2.55. The third kappa shape index (κ3) is 5.61. The molecule has 2 atom stereocenters. The molecule has 0 N–H and O–H groups in total. The molecule has 0 bridgehead atoms. The molecule has 1 fully saturated rings. The van der Waals surface area contributed by atoms with Crippen molar-refractivity contribution in [3.05, 3.63) is 35.9 Å². The molecule has 1 heterocycles. The van der Waals surface area contributed by atoms with Crippen molar-refractivity contribution >= 4 is 0 Å². The lowest BCUT2D eigenvalue weighted by molar-refractivity contribution is -0.138. The van der Waals surface area contributed by atoms with Crippen LogP contribution in [0.4, 0.5) is 0 Å².